The third-order valence-electron chi connectivity index (χ3n) is 5.58. The van der Waals surface area contributed by atoms with E-state index in [1.165, 1.54) is 43.8 Å². The van der Waals surface area contributed by atoms with E-state index >= 15 is 0 Å². The monoisotopic (exact) mass is 498 g/mol. The van der Waals surface area contributed by atoms with Crippen LogP contribution >= 0.6 is 0 Å². The van der Waals surface area contributed by atoms with Gasteiger partial charge in [0.1, 0.15) is 10.6 Å². The van der Waals surface area contributed by atoms with Gasteiger partial charge in [0.2, 0.25) is 10.0 Å². The Labute approximate surface area is 206 Å². The van der Waals surface area contributed by atoms with Crippen LogP contribution in [0.15, 0.2) is 65.6 Å². The fourth-order valence-electron chi connectivity index (χ4n) is 3.62. The maximum Gasteiger partial charge on any atom is 0.255 e. The number of ether oxygens (including phenoxy) is 3. The fourth-order valence-corrected chi connectivity index (χ4v) is 5.24. The van der Waals surface area contributed by atoms with E-state index in [2.05, 4.69) is 5.32 Å². The minimum atomic E-state index is -3.96. The summed E-state index contributed by atoms with van der Waals surface area (Å²) < 4.78 is 44.4. The van der Waals surface area contributed by atoms with Crippen LogP contribution in [0.25, 0.3) is 0 Å². The lowest BCUT2D eigenvalue weighted by atomic mass is 10.1. The summed E-state index contributed by atoms with van der Waals surface area (Å²) in [4.78, 5) is 13.0. The van der Waals surface area contributed by atoms with Gasteiger partial charge < -0.3 is 19.5 Å². The van der Waals surface area contributed by atoms with E-state index < -0.39 is 15.9 Å². The minimum absolute atomic E-state index is 0.0746. The zero-order valence-corrected chi connectivity index (χ0v) is 21.3. The Morgan fingerprint density at radius 3 is 2.11 bits per heavy atom. The molecule has 0 saturated heterocycles. The number of sulfonamides is 1. The molecule has 3 aromatic rings. The molecule has 3 aromatic carbocycles. The Morgan fingerprint density at radius 2 is 1.51 bits per heavy atom. The van der Waals surface area contributed by atoms with Crippen molar-refractivity contribution in [1.82, 2.24) is 4.31 Å². The van der Waals surface area contributed by atoms with Gasteiger partial charge in [-0.15, -0.1) is 0 Å². The van der Waals surface area contributed by atoms with Crippen LogP contribution in [0.3, 0.4) is 0 Å². The van der Waals surface area contributed by atoms with Crippen molar-refractivity contribution in [3.63, 3.8) is 0 Å². The predicted molar refractivity (Wildman–Crippen MR) is 135 cm³/mol. The van der Waals surface area contributed by atoms with Crippen molar-refractivity contribution in [3.05, 3.63) is 77.4 Å². The Bertz CT molecular complexity index is 1290. The molecule has 35 heavy (non-hydrogen) atoms. The molecule has 0 aliphatic carbocycles. The number of hydrogen-bond donors (Lipinski definition) is 1. The molecule has 0 aliphatic rings. The number of carbonyl (C=O) groups excluding carboxylic acids is 1. The Kier molecular flexibility index (Phi) is 8.37. The van der Waals surface area contributed by atoms with Crippen LogP contribution in [0.4, 0.5) is 5.69 Å². The number of amides is 1. The highest BCUT2D eigenvalue weighted by atomic mass is 32.2. The van der Waals surface area contributed by atoms with E-state index in [1.54, 1.807) is 19.1 Å². The second-order valence-electron chi connectivity index (χ2n) is 7.76. The van der Waals surface area contributed by atoms with Gasteiger partial charge in [-0.2, -0.15) is 4.31 Å². The van der Waals surface area contributed by atoms with Crippen molar-refractivity contribution in [1.29, 1.82) is 0 Å². The zero-order valence-electron chi connectivity index (χ0n) is 20.5. The molecule has 1 amide bonds. The van der Waals surface area contributed by atoms with E-state index in [9.17, 15) is 13.2 Å². The molecule has 1 N–H and O–H groups in total. The molecular weight excluding hydrogens is 468 g/mol. The summed E-state index contributed by atoms with van der Waals surface area (Å²) in [6.45, 7) is 4.04. The van der Waals surface area contributed by atoms with Crippen LogP contribution in [0, 0.1) is 6.92 Å². The van der Waals surface area contributed by atoms with Crippen molar-refractivity contribution in [2.45, 2.75) is 25.3 Å². The van der Waals surface area contributed by atoms with Crippen molar-refractivity contribution >= 4 is 21.6 Å². The predicted octanol–water partition coefficient (Wildman–Crippen LogP) is 4.48. The van der Waals surface area contributed by atoms with Crippen LogP contribution in [0.2, 0.25) is 0 Å². The summed E-state index contributed by atoms with van der Waals surface area (Å²) in [7, 11) is 0.483. The molecule has 8 nitrogen and oxygen atoms in total. The van der Waals surface area contributed by atoms with Crippen LogP contribution in [0.1, 0.15) is 28.4 Å². The summed E-state index contributed by atoms with van der Waals surface area (Å²) in [5.74, 6) is 0.700. The van der Waals surface area contributed by atoms with Crippen LogP contribution in [0.5, 0.6) is 17.2 Å². The van der Waals surface area contributed by atoms with E-state index in [0.29, 0.717) is 17.2 Å². The molecule has 186 valence electrons. The molecule has 3 rings (SSSR count). The number of methoxy groups -OCH3 is 3. The lowest BCUT2D eigenvalue weighted by molar-refractivity contribution is 0.102. The highest BCUT2D eigenvalue weighted by molar-refractivity contribution is 7.89. The van der Waals surface area contributed by atoms with Gasteiger partial charge in [0.05, 0.1) is 21.3 Å². The molecule has 0 heterocycles. The Balaban J connectivity index is 1.95. The lowest BCUT2D eigenvalue weighted by Crippen LogP contribution is -2.31. The molecule has 9 heteroatoms. The van der Waals surface area contributed by atoms with Gasteiger partial charge >= 0.3 is 0 Å². The summed E-state index contributed by atoms with van der Waals surface area (Å²) >= 11 is 0. The van der Waals surface area contributed by atoms with Crippen molar-refractivity contribution in [3.8, 4) is 17.2 Å². The molecule has 0 aliphatic heterocycles. The van der Waals surface area contributed by atoms with E-state index in [-0.39, 0.29) is 29.3 Å². The molecular formula is C26H30N2O6S. The minimum Gasteiger partial charge on any atom is -0.495 e. The van der Waals surface area contributed by atoms with Gasteiger partial charge in [0.15, 0.2) is 11.5 Å². The standard InChI is InChI=1S/C26H30N2O6S/c1-6-28(17-19-10-8-7-9-11-19)35(30,31)25-15-20(12-13-22(25)32-3)26(29)27-21-16-24(34-5)23(33-4)14-18(21)2/h7-16H,6,17H2,1-5H3,(H,27,29). The van der Waals surface area contributed by atoms with Gasteiger partial charge in [-0.3, -0.25) is 4.79 Å². The molecule has 0 radical (unpaired) electrons. The average molecular weight is 499 g/mol. The molecule has 0 bridgehead atoms. The van der Waals surface area contributed by atoms with E-state index in [1.807, 2.05) is 37.3 Å². The Morgan fingerprint density at radius 1 is 0.886 bits per heavy atom. The lowest BCUT2D eigenvalue weighted by Gasteiger charge is -2.22. The topological polar surface area (TPSA) is 94.2 Å². The Hall–Kier alpha value is -3.56. The third-order valence-corrected chi connectivity index (χ3v) is 7.52. The first-order valence-electron chi connectivity index (χ1n) is 11.0. The first-order chi connectivity index (χ1) is 16.7. The van der Waals surface area contributed by atoms with Gasteiger partial charge in [0.25, 0.3) is 5.91 Å². The number of rotatable bonds is 10. The summed E-state index contributed by atoms with van der Waals surface area (Å²) in [5, 5.41) is 2.83. The molecule has 0 aromatic heterocycles. The molecule has 0 fully saturated rings. The first-order valence-corrected chi connectivity index (χ1v) is 12.4. The molecule has 0 saturated carbocycles. The highest BCUT2D eigenvalue weighted by Gasteiger charge is 2.28. The summed E-state index contributed by atoms with van der Waals surface area (Å²) in [6, 6.07) is 17.1. The number of benzene rings is 3. The number of nitrogens with zero attached hydrogens (tertiary/aromatic N) is 1. The first kappa shape index (κ1) is 26.1. The SMILES string of the molecule is CCN(Cc1ccccc1)S(=O)(=O)c1cc(C(=O)Nc2cc(OC)c(OC)cc2C)ccc1OC. The molecule has 0 unspecified atom stereocenters. The van der Waals surface area contributed by atoms with Gasteiger partial charge in [-0.05, 0) is 42.3 Å². The van der Waals surface area contributed by atoms with E-state index in [0.717, 1.165) is 11.1 Å². The van der Waals surface area contributed by atoms with E-state index in [4.69, 9.17) is 14.2 Å². The number of carbonyl (C=O) groups is 1. The number of anilines is 1. The number of nitrogens with one attached hydrogen (secondary N) is 1. The second-order valence-corrected chi connectivity index (χ2v) is 9.67. The number of aryl methyl sites for hydroxylation is 1. The maximum atomic E-state index is 13.6. The maximum absolute atomic E-state index is 13.6. The van der Waals surface area contributed by atoms with Crippen LogP contribution in [-0.2, 0) is 16.6 Å². The quantitative estimate of drug-likeness (QED) is 0.443. The van der Waals surface area contributed by atoms with Crippen molar-refractivity contribution < 1.29 is 27.4 Å². The van der Waals surface area contributed by atoms with Crippen molar-refractivity contribution in [2.75, 3.05) is 33.2 Å². The van der Waals surface area contributed by atoms with Crippen LogP contribution in [-0.4, -0.2) is 46.5 Å². The van der Waals surface area contributed by atoms with Crippen molar-refractivity contribution in [2.24, 2.45) is 0 Å². The molecule has 0 spiro atoms. The normalized spacial score (nSPS) is 11.3. The third kappa shape index (κ3) is 5.75. The highest BCUT2D eigenvalue weighted by Crippen LogP contribution is 2.34. The average Bonchev–Trinajstić information content (AvgIpc) is 2.88. The van der Waals surface area contributed by atoms with Gasteiger partial charge in [-0.1, -0.05) is 37.3 Å². The summed E-state index contributed by atoms with van der Waals surface area (Å²) in [5.41, 5.74) is 2.31. The fraction of sp³-hybridized carbons (Fsp3) is 0.269. The smallest absolute Gasteiger partial charge is 0.255 e. The number of hydrogen-bond acceptors (Lipinski definition) is 6. The second kappa shape index (κ2) is 11.2. The zero-order chi connectivity index (χ0) is 25.6. The molecule has 0 atom stereocenters. The van der Waals surface area contributed by atoms with Crippen LogP contribution < -0.4 is 19.5 Å². The largest absolute Gasteiger partial charge is 0.495 e. The summed E-state index contributed by atoms with van der Waals surface area (Å²) in [6.07, 6.45) is 0. The van der Waals surface area contributed by atoms with Gasteiger partial charge in [0, 0.05) is 30.4 Å². The van der Waals surface area contributed by atoms with Gasteiger partial charge in [-0.25, -0.2) is 8.42 Å².